The molecule has 3 nitrogen and oxygen atoms in total. The third-order valence-corrected chi connectivity index (χ3v) is 4.84. The van der Waals surface area contributed by atoms with Crippen LogP contribution in [-0.4, -0.2) is 35.1 Å². The highest BCUT2D eigenvalue weighted by Crippen LogP contribution is 2.38. The van der Waals surface area contributed by atoms with Gasteiger partial charge in [-0.2, -0.15) is 11.3 Å². The molecule has 2 aliphatic rings. The van der Waals surface area contributed by atoms with Crippen molar-refractivity contribution in [2.24, 2.45) is 11.8 Å². The molecule has 0 bridgehead atoms. The number of carbonyl (C=O) groups is 1. The molecule has 1 aliphatic carbocycles. The maximum atomic E-state index is 12.1. The first kappa shape index (κ1) is 11.2. The molecular weight excluding hydrogens is 234 g/mol. The molecule has 1 aromatic rings. The van der Waals surface area contributed by atoms with Crippen LogP contribution in [0, 0.1) is 11.8 Å². The summed E-state index contributed by atoms with van der Waals surface area (Å²) in [4.78, 5) is 14.0. The van der Waals surface area contributed by atoms with Crippen molar-refractivity contribution in [1.29, 1.82) is 0 Å². The first-order chi connectivity index (χ1) is 8.24. The van der Waals surface area contributed by atoms with Crippen molar-refractivity contribution in [3.8, 4) is 0 Å². The Kier molecular flexibility index (Phi) is 2.92. The molecule has 0 unspecified atom stereocenters. The zero-order valence-electron chi connectivity index (χ0n) is 9.71. The second-order valence-electron chi connectivity index (χ2n) is 5.18. The average molecular weight is 251 g/mol. The van der Waals surface area contributed by atoms with Gasteiger partial charge in [0, 0.05) is 19.0 Å². The number of carbonyl (C=O) groups excluding carboxylic acids is 1. The summed E-state index contributed by atoms with van der Waals surface area (Å²) in [5, 5.41) is 13.9. The lowest BCUT2D eigenvalue weighted by Crippen LogP contribution is -2.32. The zero-order valence-corrected chi connectivity index (χ0v) is 10.5. The van der Waals surface area contributed by atoms with E-state index in [0.29, 0.717) is 18.3 Å². The number of amides is 1. The summed E-state index contributed by atoms with van der Waals surface area (Å²) < 4.78 is 0. The molecule has 17 heavy (non-hydrogen) atoms. The Hall–Kier alpha value is -0.870. The maximum Gasteiger partial charge on any atom is 0.227 e. The zero-order chi connectivity index (χ0) is 11.8. The molecule has 92 valence electrons. The SMILES string of the molecule is O=C(Cc1ccsc1)N1C[C@H]2CC[C@@H](O)[C@H]2C1. The third-order valence-electron chi connectivity index (χ3n) is 4.11. The van der Waals surface area contributed by atoms with E-state index in [1.807, 2.05) is 21.7 Å². The number of aliphatic hydroxyl groups is 1. The molecule has 2 fully saturated rings. The van der Waals surface area contributed by atoms with Crippen molar-refractivity contribution in [2.75, 3.05) is 13.1 Å². The molecule has 1 saturated heterocycles. The standard InChI is InChI=1S/C13H17NO2S/c15-12-2-1-10-6-14(7-11(10)12)13(16)5-9-3-4-17-8-9/h3-4,8,10-12,15H,1-2,5-7H2/t10-,11+,12-/m1/s1. The summed E-state index contributed by atoms with van der Waals surface area (Å²) in [6.07, 6.45) is 2.33. The number of likely N-dealkylation sites (tertiary alicyclic amines) is 1. The van der Waals surface area contributed by atoms with Crippen LogP contribution in [-0.2, 0) is 11.2 Å². The molecule has 0 aromatic carbocycles. The van der Waals surface area contributed by atoms with E-state index < -0.39 is 0 Å². The molecular formula is C13H17NO2S. The second-order valence-corrected chi connectivity index (χ2v) is 5.96. The van der Waals surface area contributed by atoms with Gasteiger partial charge in [0.2, 0.25) is 5.91 Å². The van der Waals surface area contributed by atoms with Gasteiger partial charge in [-0.1, -0.05) is 0 Å². The number of aliphatic hydroxyl groups excluding tert-OH is 1. The average Bonchev–Trinajstić information content (AvgIpc) is 2.97. The van der Waals surface area contributed by atoms with E-state index in [9.17, 15) is 9.90 Å². The summed E-state index contributed by atoms with van der Waals surface area (Å²) in [5.41, 5.74) is 1.11. The van der Waals surface area contributed by atoms with E-state index >= 15 is 0 Å². The topological polar surface area (TPSA) is 40.5 Å². The lowest BCUT2D eigenvalue weighted by Gasteiger charge is -2.18. The Morgan fingerprint density at radius 3 is 3.06 bits per heavy atom. The molecule has 1 saturated carbocycles. The van der Waals surface area contributed by atoms with Gasteiger partial charge in [-0.15, -0.1) is 0 Å². The van der Waals surface area contributed by atoms with Crippen molar-refractivity contribution in [3.05, 3.63) is 22.4 Å². The van der Waals surface area contributed by atoms with Crippen molar-refractivity contribution in [2.45, 2.75) is 25.4 Å². The smallest absolute Gasteiger partial charge is 0.227 e. The third kappa shape index (κ3) is 2.11. The van der Waals surface area contributed by atoms with E-state index in [1.54, 1.807) is 11.3 Å². The Bertz CT molecular complexity index is 404. The van der Waals surface area contributed by atoms with Crippen LogP contribution in [0.3, 0.4) is 0 Å². The first-order valence-electron chi connectivity index (χ1n) is 6.21. The Morgan fingerprint density at radius 1 is 1.47 bits per heavy atom. The van der Waals surface area contributed by atoms with Crippen molar-refractivity contribution in [1.82, 2.24) is 4.90 Å². The summed E-state index contributed by atoms with van der Waals surface area (Å²) >= 11 is 1.63. The monoisotopic (exact) mass is 251 g/mol. The van der Waals surface area contributed by atoms with Gasteiger partial charge >= 0.3 is 0 Å². The highest BCUT2D eigenvalue weighted by molar-refractivity contribution is 7.07. The highest BCUT2D eigenvalue weighted by Gasteiger charge is 2.43. The van der Waals surface area contributed by atoms with E-state index in [2.05, 4.69) is 0 Å². The Balaban J connectivity index is 1.61. The van der Waals surface area contributed by atoms with Gasteiger partial charge in [0.1, 0.15) is 0 Å². The van der Waals surface area contributed by atoms with Crippen LogP contribution in [0.2, 0.25) is 0 Å². The minimum Gasteiger partial charge on any atom is -0.393 e. The number of hydrogen-bond donors (Lipinski definition) is 1. The summed E-state index contributed by atoms with van der Waals surface area (Å²) in [6, 6.07) is 2.01. The molecule has 3 rings (SSSR count). The summed E-state index contributed by atoms with van der Waals surface area (Å²) in [6.45, 7) is 1.61. The minimum atomic E-state index is -0.182. The Morgan fingerprint density at radius 2 is 2.35 bits per heavy atom. The van der Waals surface area contributed by atoms with E-state index in [0.717, 1.165) is 31.5 Å². The molecule has 1 amide bonds. The molecule has 1 aromatic heterocycles. The van der Waals surface area contributed by atoms with Crippen molar-refractivity contribution >= 4 is 17.2 Å². The molecule has 4 heteroatoms. The predicted octanol–water partition coefficient (Wildman–Crippen LogP) is 1.52. The lowest BCUT2D eigenvalue weighted by molar-refractivity contribution is -0.129. The van der Waals surface area contributed by atoms with Crippen molar-refractivity contribution < 1.29 is 9.90 Å². The number of thiophene rings is 1. The van der Waals surface area contributed by atoms with Gasteiger partial charge in [-0.05, 0) is 41.1 Å². The van der Waals surface area contributed by atoms with E-state index in [4.69, 9.17) is 0 Å². The molecule has 3 atom stereocenters. The summed E-state index contributed by atoms with van der Waals surface area (Å²) in [7, 11) is 0. The van der Waals surface area contributed by atoms with Crippen molar-refractivity contribution in [3.63, 3.8) is 0 Å². The van der Waals surface area contributed by atoms with Gasteiger partial charge in [-0.3, -0.25) is 4.79 Å². The highest BCUT2D eigenvalue weighted by atomic mass is 32.1. The van der Waals surface area contributed by atoms with Crippen LogP contribution in [0.25, 0.3) is 0 Å². The quantitative estimate of drug-likeness (QED) is 0.865. The Labute approximate surface area is 105 Å². The number of hydrogen-bond acceptors (Lipinski definition) is 3. The fourth-order valence-electron chi connectivity index (χ4n) is 3.12. The van der Waals surface area contributed by atoms with Crippen LogP contribution >= 0.6 is 11.3 Å². The van der Waals surface area contributed by atoms with Crippen LogP contribution < -0.4 is 0 Å². The van der Waals surface area contributed by atoms with Gasteiger partial charge in [0.05, 0.1) is 12.5 Å². The number of fused-ring (bicyclic) bond motifs is 1. The molecule has 1 aliphatic heterocycles. The largest absolute Gasteiger partial charge is 0.393 e. The van der Waals surface area contributed by atoms with Crippen LogP contribution in [0.1, 0.15) is 18.4 Å². The van der Waals surface area contributed by atoms with Crippen LogP contribution in [0.5, 0.6) is 0 Å². The molecule has 1 N–H and O–H groups in total. The van der Waals surface area contributed by atoms with Gasteiger partial charge in [-0.25, -0.2) is 0 Å². The summed E-state index contributed by atoms with van der Waals surface area (Å²) in [5.74, 6) is 1.09. The fraction of sp³-hybridized carbons (Fsp3) is 0.615. The molecule has 0 spiro atoms. The maximum absolute atomic E-state index is 12.1. The fourth-order valence-corrected chi connectivity index (χ4v) is 3.79. The lowest BCUT2D eigenvalue weighted by atomic mass is 10.00. The first-order valence-corrected chi connectivity index (χ1v) is 7.15. The van der Waals surface area contributed by atoms with Crippen LogP contribution in [0.4, 0.5) is 0 Å². The van der Waals surface area contributed by atoms with Crippen LogP contribution in [0.15, 0.2) is 16.8 Å². The normalized spacial score (nSPS) is 31.8. The second kappa shape index (κ2) is 4.42. The van der Waals surface area contributed by atoms with E-state index in [1.165, 1.54) is 0 Å². The van der Waals surface area contributed by atoms with E-state index in [-0.39, 0.29) is 12.0 Å². The predicted molar refractivity (Wildman–Crippen MR) is 66.8 cm³/mol. The molecule has 2 heterocycles. The van der Waals surface area contributed by atoms with Gasteiger partial charge in [0.15, 0.2) is 0 Å². The minimum absolute atomic E-state index is 0.182. The van der Waals surface area contributed by atoms with Gasteiger partial charge in [0.25, 0.3) is 0 Å². The van der Waals surface area contributed by atoms with Gasteiger partial charge < -0.3 is 10.0 Å². The number of nitrogens with zero attached hydrogens (tertiary/aromatic N) is 1. The number of rotatable bonds is 2. The molecule has 0 radical (unpaired) electrons.